The number of benzene rings is 1. The van der Waals surface area contributed by atoms with E-state index in [-0.39, 0.29) is 5.91 Å². The van der Waals surface area contributed by atoms with Gasteiger partial charge in [-0.2, -0.15) is 12.7 Å². The first kappa shape index (κ1) is 17.8. The van der Waals surface area contributed by atoms with E-state index in [1.54, 1.807) is 34.3 Å². The van der Waals surface area contributed by atoms with Gasteiger partial charge in [0.2, 0.25) is 0 Å². The predicted molar refractivity (Wildman–Crippen MR) is 98.2 cm³/mol. The molecule has 1 aromatic rings. The van der Waals surface area contributed by atoms with E-state index >= 15 is 0 Å². The molecule has 1 N–H and O–H groups in total. The third kappa shape index (κ3) is 3.21. The molecule has 1 amide bonds. The number of morpholine rings is 1. The Morgan fingerprint density at radius 1 is 1.15 bits per heavy atom. The topological polar surface area (TPSA) is 79.0 Å². The van der Waals surface area contributed by atoms with Crippen molar-refractivity contribution in [3.8, 4) is 0 Å². The number of nitrogens with zero attached hydrogens (tertiary/aromatic N) is 2. The molecule has 3 fully saturated rings. The minimum atomic E-state index is -3.59. The van der Waals surface area contributed by atoms with Crippen molar-refractivity contribution < 1.29 is 17.9 Å². The van der Waals surface area contributed by atoms with Crippen molar-refractivity contribution in [3.05, 3.63) is 29.3 Å². The number of anilines is 1. The number of ether oxygens (including phenoxy) is 1. The van der Waals surface area contributed by atoms with Crippen LogP contribution in [0.5, 0.6) is 0 Å². The number of nitrogens with one attached hydrogen (secondary N) is 1. The van der Waals surface area contributed by atoms with Gasteiger partial charge in [-0.1, -0.05) is 6.07 Å². The lowest BCUT2D eigenvalue weighted by molar-refractivity contribution is 0.0302. The number of carbonyl (C=O) groups is 1. The fraction of sp³-hybridized carbons (Fsp3) is 0.611. The van der Waals surface area contributed by atoms with Gasteiger partial charge in [0.25, 0.3) is 5.91 Å². The largest absolute Gasteiger partial charge is 0.378 e. The van der Waals surface area contributed by atoms with Gasteiger partial charge in [0.05, 0.1) is 18.9 Å². The van der Waals surface area contributed by atoms with Gasteiger partial charge in [0, 0.05) is 31.7 Å². The molecule has 0 radical (unpaired) electrons. The van der Waals surface area contributed by atoms with E-state index in [4.69, 9.17) is 4.74 Å². The summed E-state index contributed by atoms with van der Waals surface area (Å²) < 4.78 is 35.1. The number of rotatable bonds is 4. The lowest BCUT2D eigenvalue weighted by Crippen LogP contribution is -2.41. The second-order valence-corrected chi connectivity index (χ2v) is 9.07. The third-order valence-electron chi connectivity index (χ3n) is 5.89. The van der Waals surface area contributed by atoms with Crippen LogP contribution in [0.25, 0.3) is 0 Å². The van der Waals surface area contributed by atoms with Gasteiger partial charge in [-0.3, -0.25) is 9.52 Å². The van der Waals surface area contributed by atoms with Crippen molar-refractivity contribution >= 4 is 21.8 Å². The normalized spacial score (nSPS) is 26.3. The predicted octanol–water partition coefficient (Wildman–Crippen LogP) is 1.47. The van der Waals surface area contributed by atoms with E-state index in [0.29, 0.717) is 68.0 Å². The highest BCUT2D eigenvalue weighted by atomic mass is 32.2. The molecule has 1 aliphatic carbocycles. The maximum Gasteiger partial charge on any atom is 0.301 e. The number of carbonyl (C=O) groups excluding carboxylic acids is 1. The van der Waals surface area contributed by atoms with E-state index < -0.39 is 10.2 Å². The summed E-state index contributed by atoms with van der Waals surface area (Å²) in [6, 6.07) is 5.20. The number of amides is 1. The van der Waals surface area contributed by atoms with E-state index in [2.05, 4.69) is 4.72 Å². The lowest BCUT2D eigenvalue weighted by atomic mass is 9.77. The molecule has 2 heterocycles. The Kier molecular flexibility index (Phi) is 4.66. The van der Waals surface area contributed by atoms with Crippen molar-refractivity contribution in [3.63, 3.8) is 0 Å². The second kappa shape index (κ2) is 6.83. The van der Waals surface area contributed by atoms with Gasteiger partial charge in [-0.05, 0) is 49.3 Å². The van der Waals surface area contributed by atoms with Gasteiger partial charge >= 0.3 is 10.2 Å². The molecule has 2 aliphatic heterocycles. The summed E-state index contributed by atoms with van der Waals surface area (Å²) in [5, 5.41) is 0. The molecule has 8 heteroatoms. The van der Waals surface area contributed by atoms with Gasteiger partial charge < -0.3 is 9.64 Å². The molecular formula is C18H25N3O4S. The van der Waals surface area contributed by atoms with Crippen LogP contribution in [-0.4, -0.2) is 62.9 Å². The van der Waals surface area contributed by atoms with Crippen molar-refractivity contribution in [2.75, 3.05) is 44.1 Å². The Hall–Kier alpha value is -1.64. The standard InChI is InChI=1S/C18H25N3O4S/c1-13-16(18(22)20-7-9-25-10-8-20)3-2-4-17(13)19-26(23,24)21-11-14-5-6-15(14)12-21/h2-4,14-15,19H,5-12H2,1H3/t14-,15+. The van der Waals surface area contributed by atoms with Crippen molar-refractivity contribution in [2.24, 2.45) is 11.8 Å². The van der Waals surface area contributed by atoms with Crippen LogP contribution in [0.4, 0.5) is 5.69 Å². The molecule has 0 spiro atoms. The summed E-state index contributed by atoms with van der Waals surface area (Å²) in [4.78, 5) is 14.5. The zero-order chi connectivity index (χ0) is 18.3. The molecule has 3 aliphatic rings. The fourth-order valence-electron chi connectivity index (χ4n) is 4.03. The van der Waals surface area contributed by atoms with Crippen LogP contribution >= 0.6 is 0 Å². The number of hydrogen-bond donors (Lipinski definition) is 1. The average molecular weight is 379 g/mol. The zero-order valence-corrected chi connectivity index (χ0v) is 15.8. The summed E-state index contributed by atoms with van der Waals surface area (Å²) in [6.07, 6.45) is 2.25. The van der Waals surface area contributed by atoms with Crippen molar-refractivity contribution in [1.29, 1.82) is 0 Å². The fourth-order valence-corrected chi connectivity index (χ4v) is 5.43. The molecule has 2 saturated heterocycles. The Morgan fingerprint density at radius 3 is 2.42 bits per heavy atom. The SMILES string of the molecule is Cc1c(NS(=O)(=O)N2C[C@H]3CC[C@H]3C2)cccc1C(=O)N1CCOCC1. The van der Waals surface area contributed by atoms with Crippen LogP contribution in [0, 0.1) is 18.8 Å². The summed E-state index contributed by atoms with van der Waals surface area (Å²) in [5.41, 5.74) is 1.67. The maximum absolute atomic E-state index is 12.8. The first-order valence-electron chi connectivity index (χ1n) is 9.20. The highest BCUT2D eigenvalue weighted by molar-refractivity contribution is 7.90. The Bertz CT molecular complexity index is 793. The highest BCUT2D eigenvalue weighted by Gasteiger charge is 2.43. The average Bonchev–Trinajstić information content (AvgIpc) is 2.92. The molecule has 142 valence electrons. The number of fused-ring (bicyclic) bond motifs is 1. The van der Waals surface area contributed by atoms with Crippen LogP contribution < -0.4 is 4.72 Å². The zero-order valence-electron chi connectivity index (χ0n) is 15.0. The third-order valence-corrected chi connectivity index (χ3v) is 7.35. The summed E-state index contributed by atoms with van der Waals surface area (Å²) in [5.74, 6) is 0.954. The molecule has 1 aromatic carbocycles. The van der Waals surface area contributed by atoms with Gasteiger partial charge in [-0.15, -0.1) is 0 Å². The first-order valence-corrected chi connectivity index (χ1v) is 10.6. The molecule has 0 unspecified atom stereocenters. The van der Waals surface area contributed by atoms with E-state index in [9.17, 15) is 13.2 Å². The second-order valence-electron chi connectivity index (χ2n) is 7.40. The van der Waals surface area contributed by atoms with E-state index in [1.807, 2.05) is 0 Å². The monoisotopic (exact) mass is 379 g/mol. The number of hydrogen-bond acceptors (Lipinski definition) is 4. The van der Waals surface area contributed by atoms with Crippen LogP contribution in [0.15, 0.2) is 18.2 Å². The van der Waals surface area contributed by atoms with E-state index in [1.165, 1.54) is 0 Å². The Balaban J connectivity index is 1.52. The summed E-state index contributed by atoms with van der Waals surface area (Å²) in [7, 11) is -3.59. The lowest BCUT2D eigenvalue weighted by Gasteiger charge is -2.28. The van der Waals surface area contributed by atoms with Gasteiger partial charge in [0.15, 0.2) is 0 Å². The van der Waals surface area contributed by atoms with Crippen LogP contribution in [0.2, 0.25) is 0 Å². The minimum Gasteiger partial charge on any atom is -0.378 e. The molecular weight excluding hydrogens is 354 g/mol. The van der Waals surface area contributed by atoms with Crippen LogP contribution in [0.1, 0.15) is 28.8 Å². The highest BCUT2D eigenvalue weighted by Crippen LogP contribution is 2.41. The van der Waals surface area contributed by atoms with Crippen LogP contribution in [0.3, 0.4) is 0 Å². The van der Waals surface area contributed by atoms with Crippen molar-refractivity contribution in [2.45, 2.75) is 19.8 Å². The molecule has 0 aromatic heterocycles. The smallest absolute Gasteiger partial charge is 0.301 e. The quantitative estimate of drug-likeness (QED) is 0.859. The summed E-state index contributed by atoms with van der Waals surface area (Å²) in [6.45, 7) is 5.19. The molecule has 0 bridgehead atoms. The van der Waals surface area contributed by atoms with Gasteiger partial charge in [0.1, 0.15) is 0 Å². The molecule has 4 rings (SSSR count). The summed E-state index contributed by atoms with van der Waals surface area (Å²) >= 11 is 0. The molecule has 1 saturated carbocycles. The Labute approximate surface area is 154 Å². The maximum atomic E-state index is 12.8. The molecule has 26 heavy (non-hydrogen) atoms. The Morgan fingerprint density at radius 2 is 1.81 bits per heavy atom. The molecule has 2 atom stereocenters. The first-order chi connectivity index (χ1) is 12.5. The van der Waals surface area contributed by atoms with E-state index in [0.717, 1.165) is 12.8 Å². The van der Waals surface area contributed by atoms with Gasteiger partial charge in [-0.25, -0.2) is 0 Å². The minimum absolute atomic E-state index is 0.0777. The van der Waals surface area contributed by atoms with Crippen molar-refractivity contribution in [1.82, 2.24) is 9.21 Å². The molecule has 7 nitrogen and oxygen atoms in total. The van der Waals surface area contributed by atoms with Crippen LogP contribution in [-0.2, 0) is 14.9 Å².